The van der Waals surface area contributed by atoms with Gasteiger partial charge in [-0.15, -0.1) is 0 Å². The molecule has 2 aromatic heterocycles. The van der Waals surface area contributed by atoms with E-state index < -0.39 is 5.97 Å². The number of aliphatic carboxylic acids is 1. The molecular weight excluding hydrogens is 342 g/mol. The van der Waals surface area contributed by atoms with E-state index in [0.717, 1.165) is 46.3 Å². The first-order valence-electron chi connectivity index (χ1n) is 8.58. The number of aromatic amines is 1. The predicted octanol–water partition coefficient (Wildman–Crippen LogP) is 3.13. The number of fused-ring (bicyclic) bond motifs is 1. The van der Waals surface area contributed by atoms with Gasteiger partial charge in [0.2, 0.25) is 0 Å². The van der Waals surface area contributed by atoms with Gasteiger partial charge in [-0.2, -0.15) is 0 Å². The average Bonchev–Trinajstić information content (AvgIpc) is 3.13. The largest absolute Gasteiger partial charge is 0.478 e. The topological polar surface area (TPSA) is 95.1 Å². The molecule has 0 spiro atoms. The van der Waals surface area contributed by atoms with E-state index in [0.29, 0.717) is 12.1 Å². The van der Waals surface area contributed by atoms with Gasteiger partial charge < -0.3 is 15.4 Å². The molecule has 3 heterocycles. The van der Waals surface area contributed by atoms with Crippen molar-refractivity contribution >= 4 is 18.0 Å². The first-order valence-corrected chi connectivity index (χ1v) is 8.58. The number of hydrogen-bond donors (Lipinski definition) is 3. The molecule has 4 rings (SSSR count). The van der Waals surface area contributed by atoms with Crippen LogP contribution in [0.2, 0.25) is 0 Å². The average molecular weight is 359 g/mol. The fourth-order valence-electron chi connectivity index (χ4n) is 3.17. The van der Waals surface area contributed by atoms with Gasteiger partial charge in [-0.05, 0) is 35.9 Å². The first kappa shape index (κ1) is 16.8. The molecule has 1 amide bonds. The monoisotopic (exact) mass is 359 g/mol. The van der Waals surface area contributed by atoms with E-state index in [9.17, 15) is 9.59 Å². The van der Waals surface area contributed by atoms with Gasteiger partial charge in [0.05, 0.1) is 11.3 Å². The third-order valence-electron chi connectivity index (χ3n) is 4.48. The van der Waals surface area contributed by atoms with E-state index in [-0.39, 0.29) is 5.91 Å². The minimum Gasteiger partial charge on any atom is -0.478 e. The van der Waals surface area contributed by atoms with Crippen molar-refractivity contribution in [3.63, 3.8) is 0 Å². The van der Waals surface area contributed by atoms with Gasteiger partial charge in [-0.25, -0.2) is 4.79 Å². The summed E-state index contributed by atoms with van der Waals surface area (Å²) in [6, 6.07) is 13.2. The molecular formula is C21H17N3O3. The molecule has 0 fully saturated rings. The molecule has 6 nitrogen and oxygen atoms in total. The fraction of sp³-hybridized carbons (Fsp3) is 0.0952. The molecule has 1 aliphatic heterocycles. The molecule has 1 aliphatic rings. The summed E-state index contributed by atoms with van der Waals surface area (Å²) in [5.74, 6) is -1.04. The number of carbonyl (C=O) groups is 2. The Morgan fingerprint density at radius 3 is 2.85 bits per heavy atom. The molecule has 3 aromatic rings. The van der Waals surface area contributed by atoms with Crippen molar-refractivity contribution in [3.05, 3.63) is 71.6 Å². The summed E-state index contributed by atoms with van der Waals surface area (Å²) in [5.41, 5.74) is 5.90. The summed E-state index contributed by atoms with van der Waals surface area (Å²) in [6.45, 7) is 0.643. The Balaban J connectivity index is 1.68. The zero-order valence-electron chi connectivity index (χ0n) is 14.4. The molecule has 3 N–H and O–H groups in total. The third-order valence-corrected chi connectivity index (χ3v) is 4.48. The van der Waals surface area contributed by atoms with E-state index in [1.165, 1.54) is 0 Å². The summed E-state index contributed by atoms with van der Waals surface area (Å²) in [6.07, 6.45) is 5.17. The predicted molar refractivity (Wildman–Crippen MR) is 102 cm³/mol. The van der Waals surface area contributed by atoms with Crippen LogP contribution in [0.3, 0.4) is 0 Å². The molecule has 0 bridgehead atoms. The number of pyridine rings is 1. The lowest BCUT2D eigenvalue weighted by atomic mass is 10.0. The second-order valence-corrected chi connectivity index (χ2v) is 6.31. The number of benzene rings is 1. The molecule has 27 heavy (non-hydrogen) atoms. The number of rotatable bonds is 4. The highest BCUT2D eigenvalue weighted by Crippen LogP contribution is 2.27. The first-order chi connectivity index (χ1) is 13.1. The number of H-pyrrole nitrogens is 1. The summed E-state index contributed by atoms with van der Waals surface area (Å²) in [7, 11) is 0. The number of nitrogens with zero attached hydrogens (tertiary/aromatic N) is 1. The van der Waals surface area contributed by atoms with E-state index in [1.54, 1.807) is 12.3 Å². The van der Waals surface area contributed by atoms with Crippen LogP contribution in [-0.4, -0.2) is 33.5 Å². The molecule has 6 heteroatoms. The van der Waals surface area contributed by atoms with Gasteiger partial charge in [-0.1, -0.05) is 18.2 Å². The van der Waals surface area contributed by atoms with Crippen LogP contribution in [0.1, 0.15) is 21.6 Å². The Kier molecular flexibility index (Phi) is 4.30. The van der Waals surface area contributed by atoms with Crippen LogP contribution >= 0.6 is 0 Å². The Labute approximate surface area is 155 Å². The van der Waals surface area contributed by atoms with E-state index in [4.69, 9.17) is 5.11 Å². The van der Waals surface area contributed by atoms with Gasteiger partial charge in [0.1, 0.15) is 0 Å². The maximum Gasteiger partial charge on any atom is 0.328 e. The summed E-state index contributed by atoms with van der Waals surface area (Å²) < 4.78 is 0. The lowest BCUT2D eigenvalue weighted by Crippen LogP contribution is -2.31. The van der Waals surface area contributed by atoms with E-state index >= 15 is 0 Å². The molecule has 0 unspecified atom stereocenters. The maximum atomic E-state index is 12.0. The molecule has 0 atom stereocenters. The van der Waals surface area contributed by atoms with Crippen LogP contribution in [0.4, 0.5) is 0 Å². The molecule has 0 radical (unpaired) electrons. The quantitative estimate of drug-likeness (QED) is 0.624. The van der Waals surface area contributed by atoms with Crippen molar-refractivity contribution < 1.29 is 14.7 Å². The van der Waals surface area contributed by atoms with Crippen molar-refractivity contribution in [3.8, 4) is 22.5 Å². The van der Waals surface area contributed by atoms with Crippen molar-refractivity contribution in [2.75, 3.05) is 6.54 Å². The van der Waals surface area contributed by atoms with Crippen molar-refractivity contribution in [2.24, 2.45) is 0 Å². The molecule has 0 saturated heterocycles. The van der Waals surface area contributed by atoms with Gasteiger partial charge in [0.25, 0.3) is 5.91 Å². The number of hydrogen-bond acceptors (Lipinski definition) is 3. The van der Waals surface area contributed by atoms with Gasteiger partial charge in [-0.3, -0.25) is 9.78 Å². The van der Waals surface area contributed by atoms with Crippen LogP contribution in [0.15, 0.2) is 54.7 Å². The van der Waals surface area contributed by atoms with Crippen molar-refractivity contribution in [1.29, 1.82) is 0 Å². The van der Waals surface area contributed by atoms with Crippen LogP contribution in [0, 0.1) is 0 Å². The second kappa shape index (κ2) is 6.92. The highest BCUT2D eigenvalue weighted by Gasteiger charge is 2.20. The number of amides is 1. The van der Waals surface area contributed by atoms with E-state index in [2.05, 4.69) is 15.3 Å². The molecule has 0 saturated carbocycles. The second-order valence-electron chi connectivity index (χ2n) is 6.31. The van der Waals surface area contributed by atoms with Gasteiger partial charge in [0.15, 0.2) is 0 Å². The smallest absolute Gasteiger partial charge is 0.328 e. The summed E-state index contributed by atoms with van der Waals surface area (Å²) in [5, 5.41) is 11.6. The van der Waals surface area contributed by atoms with Crippen LogP contribution < -0.4 is 5.32 Å². The highest BCUT2D eigenvalue weighted by molar-refractivity contribution is 5.97. The fourth-order valence-corrected chi connectivity index (χ4v) is 3.17. The van der Waals surface area contributed by atoms with Crippen molar-refractivity contribution in [1.82, 2.24) is 15.3 Å². The molecule has 134 valence electrons. The van der Waals surface area contributed by atoms with Crippen LogP contribution in [0.5, 0.6) is 0 Å². The summed E-state index contributed by atoms with van der Waals surface area (Å²) >= 11 is 0. The Morgan fingerprint density at radius 2 is 2.04 bits per heavy atom. The minimum atomic E-state index is -0.986. The highest BCUT2D eigenvalue weighted by atomic mass is 16.4. The SMILES string of the molecule is O=C(O)/C=C/c1cccc(-c2cc(-c3cc4c([nH]3)CCNC4=O)ccn2)c1. The third kappa shape index (κ3) is 3.50. The Bertz CT molecular complexity index is 1070. The normalized spacial score (nSPS) is 13.4. The van der Waals surface area contributed by atoms with Crippen LogP contribution in [0.25, 0.3) is 28.6 Å². The van der Waals surface area contributed by atoms with Gasteiger partial charge >= 0.3 is 5.97 Å². The lowest BCUT2D eigenvalue weighted by Gasteiger charge is -2.10. The lowest BCUT2D eigenvalue weighted by molar-refractivity contribution is -0.131. The Morgan fingerprint density at radius 1 is 1.15 bits per heavy atom. The molecule has 0 aliphatic carbocycles. The zero-order chi connectivity index (χ0) is 18.8. The minimum absolute atomic E-state index is 0.0500. The standard InChI is InChI=1S/C21H17N3O3/c25-20(26)5-4-13-2-1-3-14(10-13)18-11-15(6-8-22-18)19-12-16-17(24-19)7-9-23-21(16)27/h1-6,8,10-12,24H,7,9H2,(H,23,27)(H,25,26)/b5-4+. The molecule has 1 aromatic carbocycles. The number of carboxylic acid groups (broad SMARTS) is 1. The maximum absolute atomic E-state index is 12.0. The Hall–Kier alpha value is -3.67. The number of carbonyl (C=O) groups excluding carboxylic acids is 1. The zero-order valence-corrected chi connectivity index (χ0v) is 14.4. The number of aromatic nitrogens is 2. The van der Waals surface area contributed by atoms with E-state index in [1.807, 2.05) is 42.5 Å². The van der Waals surface area contributed by atoms with Crippen LogP contribution in [-0.2, 0) is 11.2 Å². The van der Waals surface area contributed by atoms with Gasteiger partial charge in [0, 0.05) is 47.8 Å². The number of nitrogens with one attached hydrogen (secondary N) is 2. The number of carboxylic acids is 1. The summed E-state index contributed by atoms with van der Waals surface area (Å²) in [4.78, 5) is 30.5. The van der Waals surface area contributed by atoms with Crippen molar-refractivity contribution in [2.45, 2.75) is 6.42 Å².